The Morgan fingerprint density at radius 1 is 0.912 bits per heavy atom. The zero-order valence-electron chi connectivity index (χ0n) is 18.6. The third-order valence-electron chi connectivity index (χ3n) is 5.21. The van der Waals surface area contributed by atoms with E-state index in [-0.39, 0.29) is 17.5 Å². The van der Waals surface area contributed by atoms with Gasteiger partial charge in [-0.2, -0.15) is 0 Å². The Labute approximate surface area is 196 Å². The molecule has 2 amide bonds. The Bertz CT molecular complexity index is 1190. The minimum absolute atomic E-state index is 0.218. The average Bonchev–Trinajstić information content (AvgIpc) is 2.87. The van der Waals surface area contributed by atoms with Gasteiger partial charge in [0.25, 0.3) is 11.8 Å². The largest absolute Gasteiger partial charge is 0.486 e. The molecule has 1 aliphatic heterocycles. The van der Waals surface area contributed by atoms with Gasteiger partial charge in [0.1, 0.15) is 13.2 Å². The second-order valence-electron chi connectivity index (χ2n) is 7.63. The lowest BCUT2D eigenvalue weighted by atomic mass is 10.1. The maximum atomic E-state index is 12.8. The first kappa shape index (κ1) is 22.8. The Morgan fingerprint density at radius 3 is 2.41 bits per heavy atom. The maximum absolute atomic E-state index is 12.8. The van der Waals surface area contributed by atoms with E-state index in [4.69, 9.17) is 14.2 Å². The van der Waals surface area contributed by atoms with Gasteiger partial charge in [-0.15, -0.1) is 0 Å². The first-order chi connectivity index (χ1) is 16.5. The van der Waals surface area contributed by atoms with Gasteiger partial charge in [-0.3, -0.25) is 9.59 Å². The molecule has 0 saturated carbocycles. The van der Waals surface area contributed by atoms with Crippen LogP contribution in [-0.4, -0.2) is 37.6 Å². The van der Waals surface area contributed by atoms with Gasteiger partial charge in [-0.05, 0) is 42.8 Å². The van der Waals surface area contributed by atoms with Crippen LogP contribution in [0.1, 0.15) is 39.2 Å². The maximum Gasteiger partial charge on any atom is 0.338 e. The number of esters is 1. The van der Waals surface area contributed by atoms with Gasteiger partial charge in [0.15, 0.2) is 18.1 Å². The molecule has 34 heavy (non-hydrogen) atoms. The third-order valence-corrected chi connectivity index (χ3v) is 5.21. The van der Waals surface area contributed by atoms with E-state index in [1.165, 1.54) is 6.07 Å². The first-order valence-corrected chi connectivity index (χ1v) is 10.8. The Morgan fingerprint density at radius 2 is 1.62 bits per heavy atom. The van der Waals surface area contributed by atoms with Crippen molar-refractivity contribution in [1.29, 1.82) is 0 Å². The van der Waals surface area contributed by atoms with Gasteiger partial charge in [0.2, 0.25) is 0 Å². The van der Waals surface area contributed by atoms with E-state index in [1.54, 1.807) is 36.4 Å². The summed E-state index contributed by atoms with van der Waals surface area (Å²) in [7, 11) is 0. The van der Waals surface area contributed by atoms with E-state index in [0.29, 0.717) is 36.0 Å². The Hall–Kier alpha value is -4.33. The van der Waals surface area contributed by atoms with Crippen molar-refractivity contribution in [1.82, 2.24) is 5.32 Å². The van der Waals surface area contributed by atoms with E-state index in [1.807, 2.05) is 37.3 Å². The predicted molar refractivity (Wildman–Crippen MR) is 125 cm³/mol. The van der Waals surface area contributed by atoms with Crippen LogP contribution in [0, 0.1) is 0 Å². The third kappa shape index (κ3) is 5.53. The summed E-state index contributed by atoms with van der Waals surface area (Å²) in [6.07, 6.45) is 0. The van der Waals surface area contributed by atoms with Crippen LogP contribution >= 0.6 is 0 Å². The highest BCUT2D eigenvalue weighted by Crippen LogP contribution is 2.31. The summed E-state index contributed by atoms with van der Waals surface area (Å²) in [6.45, 7) is 2.21. The lowest BCUT2D eigenvalue weighted by Crippen LogP contribution is -2.28. The molecule has 174 valence electrons. The molecular formula is C26H24N2O6. The molecular weight excluding hydrogens is 436 g/mol. The standard InChI is InChI=1S/C26H24N2O6/c1-17(18-7-3-2-4-8-18)27-25(30)20-9-5-6-10-21(20)28-24(29)16-34-26(31)19-11-12-22-23(15-19)33-14-13-32-22/h2-12,15,17H,13-14,16H2,1H3,(H,27,30)(H,28,29). The van der Waals surface area contributed by atoms with Crippen molar-refractivity contribution in [3.05, 3.63) is 89.5 Å². The van der Waals surface area contributed by atoms with Crippen molar-refractivity contribution in [2.45, 2.75) is 13.0 Å². The molecule has 1 aliphatic rings. The molecule has 8 nitrogen and oxygen atoms in total. The summed E-state index contributed by atoms with van der Waals surface area (Å²) in [5.74, 6) is -0.565. The number of ether oxygens (including phenoxy) is 3. The van der Waals surface area contributed by atoms with Gasteiger partial charge >= 0.3 is 5.97 Å². The molecule has 0 radical (unpaired) electrons. The summed E-state index contributed by atoms with van der Waals surface area (Å²) in [6, 6.07) is 20.7. The molecule has 4 rings (SSSR count). The molecule has 1 atom stereocenters. The number of hydrogen-bond acceptors (Lipinski definition) is 6. The number of nitrogens with one attached hydrogen (secondary N) is 2. The number of carbonyl (C=O) groups is 3. The van der Waals surface area contributed by atoms with E-state index < -0.39 is 18.5 Å². The molecule has 0 bridgehead atoms. The van der Waals surface area contributed by atoms with Gasteiger partial charge in [-0.1, -0.05) is 42.5 Å². The van der Waals surface area contributed by atoms with Gasteiger partial charge in [0.05, 0.1) is 22.9 Å². The van der Waals surface area contributed by atoms with Crippen molar-refractivity contribution in [3.63, 3.8) is 0 Å². The molecule has 0 spiro atoms. The fourth-order valence-corrected chi connectivity index (χ4v) is 3.46. The van der Waals surface area contributed by atoms with Crippen molar-refractivity contribution in [2.24, 2.45) is 0 Å². The normalized spacial score (nSPS) is 12.9. The molecule has 8 heteroatoms. The van der Waals surface area contributed by atoms with Crippen LogP contribution in [0.5, 0.6) is 11.5 Å². The fraction of sp³-hybridized carbons (Fsp3) is 0.192. The zero-order valence-corrected chi connectivity index (χ0v) is 18.6. The molecule has 3 aromatic rings. The highest BCUT2D eigenvalue weighted by atomic mass is 16.6. The molecule has 3 aromatic carbocycles. The number of para-hydroxylation sites is 1. The van der Waals surface area contributed by atoms with Crippen LogP contribution in [0.15, 0.2) is 72.8 Å². The van der Waals surface area contributed by atoms with Gasteiger partial charge in [0, 0.05) is 0 Å². The van der Waals surface area contributed by atoms with Crippen molar-refractivity contribution in [3.8, 4) is 11.5 Å². The number of rotatable bonds is 7. The highest BCUT2D eigenvalue weighted by Gasteiger charge is 2.19. The zero-order chi connectivity index (χ0) is 23.9. The summed E-state index contributed by atoms with van der Waals surface area (Å²) in [4.78, 5) is 37.6. The van der Waals surface area contributed by atoms with Crippen LogP contribution in [0.25, 0.3) is 0 Å². The number of anilines is 1. The monoisotopic (exact) mass is 460 g/mol. The van der Waals surface area contributed by atoms with E-state index in [0.717, 1.165) is 5.56 Å². The summed E-state index contributed by atoms with van der Waals surface area (Å²) >= 11 is 0. The molecule has 0 saturated heterocycles. The minimum atomic E-state index is -0.671. The summed E-state index contributed by atoms with van der Waals surface area (Å²) in [5.41, 5.74) is 1.83. The van der Waals surface area contributed by atoms with Crippen molar-refractivity contribution >= 4 is 23.5 Å². The molecule has 0 aromatic heterocycles. The van der Waals surface area contributed by atoms with Gasteiger partial charge in [-0.25, -0.2) is 4.79 Å². The van der Waals surface area contributed by atoms with Crippen molar-refractivity contribution < 1.29 is 28.6 Å². The first-order valence-electron chi connectivity index (χ1n) is 10.8. The number of hydrogen-bond donors (Lipinski definition) is 2. The smallest absolute Gasteiger partial charge is 0.338 e. The number of fused-ring (bicyclic) bond motifs is 1. The van der Waals surface area contributed by atoms with Crippen LogP contribution in [0.2, 0.25) is 0 Å². The molecule has 1 unspecified atom stereocenters. The Balaban J connectivity index is 1.35. The van der Waals surface area contributed by atoms with Crippen LogP contribution in [0.4, 0.5) is 5.69 Å². The SMILES string of the molecule is CC(NC(=O)c1ccccc1NC(=O)COC(=O)c1ccc2c(c1)OCCO2)c1ccccc1. The lowest BCUT2D eigenvalue weighted by Gasteiger charge is -2.18. The predicted octanol–water partition coefficient (Wildman–Crippen LogP) is 3.74. The number of carbonyl (C=O) groups excluding carboxylic acids is 3. The lowest BCUT2D eigenvalue weighted by molar-refractivity contribution is -0.119. The Kier molecular flexibility index (Phi) is 7.07. The van der Waals surface area contributed by atoms with Crippen LogP contribution < -0.4 is 20.1 Å². The highest BCUT2D eigenvalue weighted by molar-refractivity contribution is 6.04. The average molecular weight is 460 g/mol. The van der Waals surface area contributed by atoms with E-state index in [2.05, 4.69) is 10.6 Å². The van der Waals surface area contributed by atoms with Crippen LogP contribution in [-0.2, 0) is 9.53 Å². The van der Waals surface area contributed by atoms with Crippen LogP contribution in [0.3, 0.4) is 0 Å². The molecule has 0 aliphatic carbocycles. The minimum Gasteiger partial charge on any atom is -0.486 e. The van der Waals surface area contributed by atoms with E-state index >= 15 is 0 Å². The topological polar surface area (TPSA) is 103 Å². The summed E-state index contributed by atoms with van der Waals surface area (Å²) < 4.78 is 16.0. The fourth-order valence-electron chi connectivity index (χ4n) is 3.46. The number of benzene rings is 3. The molecule has 0 fully saturated rings. The molecule has 1 heterocycles. The number of amides is 2. The molecule has 2 N–H and O–H groups in total. The second-order valence-corrected chi connectivity index (χ2v) is 7.63. The second kappa shape index (κ2) is 10.5. The van der Waals surface area contributed by atoms with Crippen molar-refractivity contribution in [2.75, 3.05) is 25.1 Å². The van der Waals surface area contributed by atoms with E-state index in [9.17, 15) is 14.4 Å². The van der Waals surface area contributed by atoms with Gasteiger partial charge < -0.3 is 24.8 Å². The quantitative estimate of drug-likeness (QED) is 0.521. The summed E-state index contributed by atoms with van der Waals surface area (Å²) in [5, 5.41) is 5.56.